The van der Waals surface area contributed by atoms with E-state index in [1.54, 1.807) is 0 Å². The minimum atomic E-state index is -1.14. The number of likely N-dealkylation sites (N-methyl/N-ethyl adjacent to an activating group) is 1. The second-order valence-electron chi connectivity index (χ2n) is 3.30. The Balaban J connectivity index is 2.41. The summed E-state index contributed by atoms with van der Waals surface area (Å²) in [6.07, 6.45) is 1.68. The van der Waals surface area contributed by atoms with Gasteiger partial charge in [0.25, 0.3) is 0 Å². The van der Waals surface area contributed by atoms with Gasteiger partial charge in [-0.3, -0.25) is 4.79 Å². The van der Waals surface area contributed by atoms with Crippen LogP contribution in [0.2, 0.25) is 0 Å². The van der Waals surface area contributed by atoms with Crippen LogP contribution in [0.5, 0.6) is 0 Å². The summed E-state index contributed by atoms with van der Waals surface area (Å²) in [5, 5.41) is 13.1. The molecule has 1 aliphatic carbocycles. The molecule has 74 valence electrons. The van der Waals surface area contributed by atoms with Crippen LogP contribution in [0.25, 0.3) is 0 Å². The van der Waals surface area contributed by atoms with E-state index in [4.69, 9.17) is 5.11 Å². The lowest BCUT2D eigenvalue weighted by Crippen LogP contribution is -2.45. The summed E-state index contributed by atoms with van der Waals surface area (Å²) >= 11 is 0. The molecule has 2 amide bonds. The first kappa shape index (κ1) is 9.83. The average molecular weight is 186 g/mol. The van der Waals surface area contributed by atoms with Gasteiger partial charge in [-0.25, -0.2) is 4.79 Å². The van der Waals surface area contributed by atoms with E-state index < -0.39 is 12.1 Å². The molecule has 1 saturated carbocycles. The highest BCUT2D eigenvalue weighted by Gasteiger charge is 2.29. The predicted octanol–water partition coefficient (Wildman–Crippen LogP) is 0.169. The van der Waals surface area contributed by atoms with Crippen LogP contribution in [0, 0.1) is 5.92 Å². The van der Waals surface area contributed by atoms with E-state index in [2.05, 4.69) is 10.6 Å². The van der Waals surface area contributed by atoms with Gasteiger partial charge in [-0.2, -0.15) is 0 Å². The molecular weight excluding hydrogens is 172 g/mol. The highest BCUT2D eigenvalue weighted by atomic mass is 16.4. The summed E-state index contributed by atoms with van der Waals surface area (Å²) in [6, 6.07) is -0.588. The van der Waals surface area contributed by atoms with Crippen LogP contribution < -0.4 is 10.6 Å². The average Bonchev–Trinajstić information content (AvgIpc) is 2.85. The van der Waals surface area contributed by atoms with Gasteiger partial charge in [0.2, 0.25) is 5.91 Å². The number of hydrogen-bond acceptors (Lipinski definition) is 2. The van der Waals surface area contributed by atoms with Gasteiger partial charge in [-0.1, -0.05) is 12.8 Å². The van der Waals surface area contributed by atoms with Crippen LogP contribution in [-0.2, 0) is 4.79 Å². The molecule has 13 heavy (non-hydrogen) atoms. The highest BCUT2D eigenvalue weighted by Crippen LogP contribution is 2.33. The number of amides is 2. The van der Waals surface area contributed by atoms with Gasteiger partial charge in [-0.05, 0) is 12.3 Å². The minimum absolute atomic E-state index is 0.255. The van der Waals surface area contributed by atoms with Crippen molar-refractivity contribution in [3.05, 3.63) is 0 Å². The molecule has 0 aromatic rings. The number of carboxylic acid groups (broad SMARTS) is 1. The van der Waals surface area contributed by atoms with E-state index in [1.807, 2.05) is 0 Å². The molecule has 0 heterocycles. The quantitative estimate of drug-likeness (QED) is 0.585. The van der Waals surface area contributed by atoms with Crippen LogP contribution in [0.1, 0.15) is 19.3 Å². The zero-order valence-electron chi connectivity index (χ0n) is 7.54. The normalized spacial score (nSPS) is 17.6. The van der Waals surface area contributed by atoms with E-state index in [-0.39, 0.29) is 5.91 Å². The molecular formula is C8H14N2O3. The molecule has 1 aliphatic rings. The first-order valence-corrected chi connectivity index (χ1v) is 4.34. The largest absolute Gasteiger partial charge is 0.465 e. The van der Waals surface area contributed by atoms with E-state index >= 15 is 0 Å². The van der Waals surface area contributed by atoms with Crippen LogP contribution in [0.3, 0.4) is 0 Å². The molecule has 1 fully saturated rings. The Bertz CT molecular complexity index is 213. The molecule has 3 N–H and O–H groups in total. The Labute approximate surface area is 76.5 Å². The van der Waals surface area contributed by atoms with E-state index in [9.17, 15) is 9.59 Å². The van der Waals surface area contributed by atoms with Gasteiger partial charge in [0.05, 0.1) is 0 Å². The SMILES string of the molecule is CNC(=O)[C@H](CC1CC1)NC(=O)O. The Morgan fingerprint density at radius 1 is 1.54 bits per heavy atom. The summed E-state index contributed by atoms with van der Waals surface area (Å²) in [7, 11) is 1.51. The fourth-order valence-electron chi connectivity index (χ4n) is 1.24. The smallest absolute Gasteiger partial charge is 0.405 e. The third-order valence-corrected chi connectivity index (χ3v) is 2.13. The third kappa shape index (κ3) is 3.31. The second-order valence-corrected chi connectivity index (χ2v) is 3.30. The Kier molecular flexibility index (Phi) is 3.11. The molecule has 0 spiro atoms. The maximum atomic E-state index is 11.2. The van der Waals surface area contributed by atoms with Crippen molar-refractivity contribution in [3.8, 4) is 0 Å². The molecule has 0 unspecified atom stereocenters. The lowest BCUT2D eigenvalue weighted by Gasteiger charge is -2.14. The van der Waals surface area contributed by atoms with Crippen molar-refractivity contribution in [2.24, 2.45) is 5.92 Å². The van der Waals surface area contributed by atoms with Gasteiger partial charge in [0, 0.05) is 7.05 Å². The van der Waals surface area contributed by atoms with Gasteiger partial charge >= 0.3 is 6.09 Å². The topological polar surface area (TPSA) is 78.4 Å². The lowest BCUT2D eigenvalue weighted by atomic mass is 10.1. The molecule has 0 bridgehead atoms. The van der Waals surface area contributed by atoms with Gasteiger partial charge in [0.1, 0.15) is 6.04 Å². The monoisotopic (exact) mass is 186 g/mol. The molecule has 1 rings (SSSR count). The van der Waals surface area contributed by atoms with Gasteiger partial charge in [0.15, 0.2) is 0 Å². The van der Waals surface area contributed by atoms with Crippen molar-refractivity contribution in [2.75, 3.05) is 7.05 Å². The van der Waals surface area contributed by atoms with Crippen molar-refractivity contribution in [1.82, 2.24) is 10.6 Å². The van der Waals surface area contributed by atoms with Gasteiger partial charge in [-0.15, -0.1) is 0 Å². The fourth-order valence-corrected chi connectivity index (χ4v) is 1.24. The van der Waals surface area contributed by atoms with E-state index in [0.29, 0.717) is 12.3 Å². The zero-order valence-corrected chi connectivity index (χ0v) is 7.54. The fraction of sp³-hybridized carbons (Fsp3) is 0.750. The zero-order chi connectivity index (χ0) is 9.84. The molecule has 0 aromatic carbocycles. The van der Waals surface area contributed by atoms with Crippen molar-refractivity contribution < 1.29 is 14.7 Å². The Morgan fingerprint density at radius 3 is 2.54 bits per heavy atom. The molecule has 1 atom stereocenters. The number of hydrogen-bond donors (Lipinski definition) is 3. The summed E-state index contributed by atoms with van der Waals surface area (Å²) in [5.41, 5.74) is 0. The summed E-state index contributed by atoms with van der Waals surface area (Å²) in [4.78, 5) is 21.5. The van der Waals surface area contributed by atoms with Crippen LogP contribution in [0.4, 0.5) is 4.79 Å². The first-order valence-electron chi connectivity index (χ1n) is 4.34. The van der Waals surface area contributed by atoms with Crippen LogP contribution >= 0.6 is 0 Å². The lowest BCUT2D eigenvalue weighted by molar-refractivity contribution is -0.122. The van der Waals surface area contributed by atoms with Crippen molar-refractivity contribution in [2.45, 2.75) is 25.3 Å². The maximum absolute atomic E-state index is 11.2. The summed E-state index contributed by atoms with van der Waals surface area (Å²) in [5.74, 6) is 0.267. The molecule has 0 saturated heterocycles. The Morgan fingerprint density at radius 2 is 2.15 bits per heavy atom. The Hall–Kier alpha value is -1.26. The van der Waals surface area contributed by atoms with Gasteiger partial charge < -0.3 is 15.7 Å². The predicted molar refractivity (Wildman–Crippen MR) is 46.4 cm³/mol. The van der Waals surface area contributed by atoms with Crippen molar-refractivity contribution in [1.29, 1.82) is 0 Å². The second kappa shape index (κ2) is 4.11. The maximum Gasteiger partial charge on any atom is 0.405 e. The number of rotatable bonds is 4. The molecule has 0 radical (unpaired) electrons. The van der Waals surface area contributed by atoms with Crippen molar-refractivity contribution in [3.63, 3.8) is 0 Å². The number of carbonyl (C=O) groups excluding carboxylic acids is 1. The third-order valence-electron chi connectivity index (χ3n) is 2.13. The molecule has 5 heteroatoms. The molecule has 5 nitrogen and oxygen atoms in total. The van der Waals surface area contributed by atoms with Crippen LogP contribution in [0.15, 0.2) is 0 Å². The number of nitrogens with one attached hydrogen (secondary N) is 2. The molecule has 0 aliphatic heterocycles. The molecule has 0 aromatic heterocycles. The standard InChI is InChI=1S/C8H14N2O3/c1-9-7(11)6(10-8(12)13)4-5-2-3-5/h5-6,10H,2-4H2,1H3,(H,9,11)(H,12,13)/t6-/m0/s1. The van der Waals surface area contributed by atoms with E-state index in [1.165, 1.54) is 7.05 Å². The first-order chi connectivity index (χ1) is 6.13. The summed E-state index contributed by atoms with van der Waals surface area (Å²) < 4.78 is 0. The van der Waals surface area contributed by atoms with E-state index in [0.717, 1.165) is 12.8 Å². The number of carbonyl (C=O) groups is 2. The van der Waals surface area contributed by atoms with Crippen molar-refractivity contribution >= 4 is 12.0 Å². The highest BCUT2D eigenvalue weighted by molar-refractivity contribution is 5.84. The minimum Gasteiger partial charge on any atom is -0.465 e. The summed E-state index contributed by atoms with van der Waals surface area (Å²) in [6.45, 7) is 0. The van der Waals surface area contributed by atoms with Crippen LogP contribution in [-0.4, -0.2) is 30.2 Å².